The standard InChI is InChI=1S/C13H13N5O3S2/c1-3-21-12-11(8(2)16-17(12)13(22)23)15-14-9-5-4-6-10(7-9)18(19)20/h4-7H,3H2,1-2H3,(H,22,23). The molecular formula is C13H13N5O3S2. The summed E-state index contributed by atoms with van der Waals surface area (Å²) in [7, 11) is 0. The van der Waals surface area contributed by atoms with E-state index in [0.29, 0.717) is 29.6 Å². The number of aryl methyl sites for hydroxylation is 1. The average Bonchev–Trinajstić information content (AvgIpc) is 2.82. The monoisotopic (exact) mass is 351 g/mol. The van der Waals surface area contributed by atoms with Crippen LogP contribution in [0.4, 0.5) is 17.1 Å². The summed E-state index contributed by atoms with van der Waals surface area (Å²) in [5.74, 6) is 0.333. The number of ether oxygens (including phenoxy) is 1. The van der Waals surface area contributed by atoms with Crippen molar-refractivity contribution >= 4 is 46.2 Å². The zero-order valence-corrected chi connectivity index (χ0v) is 14.0. The van der Waals surface area contributed by atoms with Crippen LogP contribution in [-0.2, 0) is 0 Å². The van der Waals surface area contributed by atoms with E-state index < -0.39 is 4.92 Å². The molecule has 0 saturated carbocycles. The number of benzene rings is 1. The van der Waals surface area contributed by atoms with Crippen LogP contribution in [0.2, 0.25) is 0 Å². The first-order valence-electron chi connectivity index (χ1n) is 6.56. The summed E-state index contributed by atoms with van der Waals surface area (Å²) < 4.78 is 7.07. The normalized spacial score (nSPS) is 10.9. The highest BCUT2D eigenvalue weighted by Gasteiger charge is 2.18. The van der Waals surface area contributed by atoms with Crippen molar-refractivity contribution in [1.29, 1.82) is 0 Å². The van der Waals surface area contributed by atoms with Gasteiger partial charge in [-0.15, -0.1) is 17.7 Å². The first-order chi connectivity index (χ1) is 10.9. The van der Waals surface area contributed by atoms with Crippen molar-refractivity contribution in [3.8, 4) is 5.88 Å². The minimum atomic E-state index is -0.493. The van der Waals surface area contributed by atoms with E-state index in [1.807, 2.05) is 6.92 Å². The largest absolute Gasteiger partial charge is 0.476 e. The van der Waals surface area contributed by atoms with Crippen molar-refractivity contribution in [3.63, 3.8) is 0 Å². The highest BCUT2D eigenvalue weighted by molar-refractivity contribution is 8.11. The highest BCUT2D eigenvalue weighted by atomic mass is 32.1. The van der Waals surface area contributed by atoms with Gasteiger partial charge in [-0.25, -0.2) is 0 Å². The van der Waals surface area contributed by atoms with E-state index in [9.17, 15) is 10.1 Å². The fraction of sp³-hybridized carbons (Fsp3) is 0.231. The third-order valence-corrected chi connectivity index (χ3v) is 3.12. The van der Waals surface area contributed by atoms with E-state index in [-0.39, 0.29) is 10.0 Å². The lowest BCUT2D eigenvalue weighted by atomic mass is 10.3. The summed E-state index contributed by atoms with van der Waals surface area (Å²) in [6.45, 7) is 3.93. The number of nitrogens with zero attached hydrogens (tertiary/aromatic N) is 5. The molecule has 1 heterocycles. The Morgan fingerprint density at radius 1 is 1.52 bits per heavy atom. The topological polar surface area (TPSA) is 94.9 Å². The number of aromatic nitrogens is 2. The van der Waals surface area contributed by atoms with Gasteiger partial charge in [0, 0.05) is 12.1 Å². The lowest BCUT2D eigenvalue weighted by Gasteiger charge is -2.05. The van der Waals surface area contributed by atoms with Crippen LogP contribution in [0, 0.1) is 17.0 Å². The number of non-ortho nitro benzene ring substituents is 1. The maximum absolute atomic E-state index is 10.8. The molecule has 0 N–H and O–H groups in total. The first kappa shape index (κ1) is 17.0. The molecule has 2 aromatic rings. The summed E-state index contributed by atoms with van der Waals surface area (Å²) in [6.07, 6.45) is 0. The van der Waals surface area contributed by atoms with Crippen LogP contribution in [0.1, 0.15) is 12.6 Å². The van der Waals surface area contributed by atoms with Crippen molar-refractivity contribution in [2.24, 2.45) is 10.2 Å². The van der Waals surface area contributed by atoms with Crippen molar-refractivity contribution in [2.75, 3.05) is 6.61 Å². The van der Waals surface area contributed by atoms with Gasteiger partial charge in [-0.3, -0.25) is 10.1 Å². The molecule has 2 rings (SSSR count). The van der Waals surface area contributed by atoms with Crippen LogP contribution >= 0.6 is 24.8 Å². The zero-order chi connectivity index (χ0) is 17.0. The molecule has 0 amide bonds. The molecule has 0 spiro atoms. The molecule has 120 valence electrons. The van der Waals surface area contributed by atoms with E-state index in [0.717, 1.165) is 0 Å². The maximum Gasteiger partial charge on any atom is 0.271 e. The summed E-state index contributed by atoms with van der Waals surface area (Å²) in [5.41, 5.74) is 1.24. The van der Waals surface area contributed by atoms with Gasteiger partial charge in [-0.05, 0) is 19.9 Å². The Morgan fingerprint density at radius 3 is 2.87 bits per heavy atom. The van der Waals surface area contributed by atoms with Gasteiger partial charge in [0.2, 0.25) is 5.88 Å². The minimum Gasteiger partial charge on any atom is -0.476 e. The number of rotatable bonds is 5. The molecular weight excluding hydrogens is 338 g/mol. The Kier molecular flexibility index (Phi) is 5.40. The fourth-order valence-corrected chi connectivity index (χ4v) is 2.04. The molecule has 0 bridgehead atoms. The van der Waals surface area contributed by atoms with Gasteiger partial charge in [0.25, 0.3) is 5.69 Å². The molecule has 1 aromatic heterocycles. The van der Waals surface area contributed by atoms with Crippen molar-refractivity contribution < 1.29 is 9.66 Å². The molecule has 0 aliphatic rings. The first-order valence-corrected chi connectivity index (χ1v) is 7.41. The predicted molar refractivity (Wildman–Crippen MR) is 92.4 cm³/mol. The molecule has 1 aromatic carbocycles. The minimum absolute atomic E-state index is 0.0598. The van der Waals surface area contributed by atoms with Gasteiger partial charge in [0.1, 0.15) is 0 Å². The van der Waals surface area contributed by atoms with E-state index in [1.54, 1.807) is 13.0 Å². The quantitative estimate of drug-likeness (QED) is 0.289. The highest BCUT2D eigenvalue weighted by Crippen LogP contribution is 2.33. The zero-order valence-electron chi connectivity index (χ0n) is 12.3. The van der Waals surface area contributed by atoms with Crippen molar-refractivity contribution in [2.45, 2.75) is 13.8 Å². The molecule has 0 radical (unpaired) electrons. The molecule has 0 unspecified atom stereocenters. The number of hydrogen-bond donors (Lipinski definition) is 1. The SMILES string of the molecule is CCOc1c(N=Nc2cccc([N+](=O)[O-])c2)c(C)nn1C(=S)S. The maximum atomic E-state index is 10.8. The second-order valence-corrected chi connectivity index (χ2v) is 5.46. The summed E-state index contributed by atoms with van der Waals surface area (Å²) in [5, 5.41) is 23.1. The molecule has 0 atom stereocenters. The number of hydrogen-bond acceptors (Lipinski definition) is 7. The van der Waals surface area contributed by atoms with Gasteiger partial charge >= 0.3 is 0 Å². The summed E-state index contributed by atoms with van der Waals surface area (Å²) in [6, 6.07) is 5.86. The number of azo groups is 1. The van der Waals surface area contributed by atoms with Crippen LogP contribution in [0.3, 0.4) is 0 Å². The van der Waals surface area contributed by atoms with Crippen LogP contribution < -0.4 is 4.74 Å². The molecule has 23 heavy (non-hydrogen) atoms. The second kappa shape index (κ2) is 7.29. The Bertz CT molecular complexity index is 788. The van der Waals surface area contributed by atoms with Crippen molar-refractivity contribution in [1.82, 2.24) is 9.78 Å². The molecule has 10 heteroatoms. The van der Waals surface area contributed by atoms with E-state index in [2.05, 4.69) is 28.0 Å². The smallest absolute Gasteiger partial charge is 0.271 e. The molecule has 0 fully saturated rings. The molecule has 0 saturated heterocycles. The van der Waals surface area contributed by atoms with E-state index in [1.165, 1.54) is 22.9 Å². The predicted octanol–water partition coefficient (Wildman–Crippen LogP) is 3.98. The van der Waals surface area contributed by atoms with Crippen LogP contribution in [0.5, 0.6) is 5.88 Å². The Labute approximate surface area is 142 Å². The number of nitro groups is 1. The van der Waals surface area contributed by atoms with Gasteiger partial charge in [-0.1, -0.05) is 18.3 Å². The van der Waals surface area contributed by atoms with Crippen LogP contribution in [0.25, 0.3) is 0 Å². The van der Waals surface area contributed by atoms with E-state index in [4.69, 9.17) is 17.0 Å². The number of thiol groups is 1. The molecule has 0 aliphatic carbocycles. The summed E-state index contributed by atoms with van der Waals surface area (Å²) >= 11 is 9.09. The Morgan fingerprint density at radius 2 is 2.26 bits per heavy atom. The lowest BCUT2D eigenvalue weighted by Crippen LogP contribution is -2.07. The molecule has 8 nitrogen and oxygen atoms in total. The average molecular weight is 351 g/mol. The van der Waals surface area contributed by atoms with Gasteiger partial charge < -0.3 is 4.74 Å². The number of thiocarbonyl (C=S) groups is 1. The third kappa shape index (κ3) is 3.90. The fourth-order valence-electron chi connectivity index (χ4n) is 1.79. The Hall–Kier alpha value is -2.33. The van der Waals surface area contributed by atoms with Gasteiger partial charge in [0.15, 0.2) is 10.0 Å². The second-order valence-electron chi connectivity index (χ2n) is 4.34. The number of nitro benzene ring substituents is 1. The summed E-state index contributed by atoms with van der Waals surface area (Å²) in [4.78, 5) is 10.3. The van der Waals surface area contributed by atoms with Gasteiger partial charge in [-0.2, -0.15) is 14.9 Å². The lowest BCUT2D eigenvalue weighted by molar-refractivity contribution is -0.384. The van der Waals surface area contributed by atoms with Crippen molar-refractivity contribution in [3.05, 3.63) is 40.1 Å². The van der Waals surface area contributed by atoms with Gasteiger partial charge in [0.05, 0.1) is 22.9 Å². The van der Waals surface area contributed by atoms with Crippen LogP contribution in [0.15, 0.2) is 34.5 Å². The third-order valence-electron chi connectivity index (χ3n) is 2.76. The van der Waals surface area contributed by atoms with Crippen LogP contribution in [-0.4, -0.2) is 25.6 Å². The molecule has 0 aliphatic heterocycles. The van der Waals surface area contributed by atoms with E-state index >= 15 is 0 Å². The Balaban J connectivity index is 2.41.